The molecule has 112 valence electrons. The van der Waals surface area contributed by atoms with Crippen LogP contribution < -0.4 is 19.9 Å². The van der Waals surface area contributed by atoms with Crippen molar-refractivity contribution >= 4 is 5.69 Å². The number of alkyl halides is 3. The fraction of sp³-hybridized carbons (Fsp3) is 0.143. The van der Waals surface area contributed by atoms with Crippen molar-refractivity contribution in [2.24, 2.45) is 0 Å². The van der Waals surface area contributed by atoms with Crippen LogP contribution in [0.1, 0.15) is 0 Å². The summed E-state index contributed by atoms with van der Waals surface area (Å²) in [6.45, 7) is 0. The maximum Gasteiger partial charge on any atom is 0.573 e. The predicted molar refractivity (Wildman–Crippen MR) is 70.6 cm³/mol. The first-order valence-electron chi connectivity index (χ1n) is 5.84. The summed E-state index contributed by atoms with van der Waals surface area (Å²) in [6.07, 6.45) is -4.75. The molecule has 7 heteroatoms. The summed E-state index contributed by atoms with van der Waals surface area (Å²) in [5.74, 6) is 0.662. The number of ether oxygens (including phenoxy) is 3. The van der Waals surface area contributed by atoms with Gasteiger partial charge in [0, 0.05) is 12.1 Å². The largest absolute Gasteiger partial charge is 0.573 e. The normalized spacial score (nSPS) is 11.0. The van der Waals surface area contributed by atoms with Crippen LogP contribution in [-0.4, -0.2) is 13.5 Å². The molecule has 2 aromatic rings. The summed E-state index contributed by atoms with van der Waals surface area (Å²) < 4.78 is 50.7. The van der Waals surface area contributed by atoms with E-state index in [9.17, 15) is 13.2 Å². The summed E-state index contributed by atoms with van der Waals surface area (Å²) in [4.78, 5) is 0. The zero-order valence-electron chi connectivity index (χ0n) is 11.0. The number of anilines is 1. The molecule has 0 bridgehead atoms. The Kier molecular flexibility index (Phi) is 4.11. The van der Waals surface area contributed by atoms with Crippen molar-refractivity contribution in [3.05, 3.63) is 42.5 Å². The van der Waals surface area contributed by atoms with Crippen molar-refractivity contribution in [2.45, 2.75) is 6.36 Å². The molecule has 0 amide bonds. The van der Waals surface area contributed by atoms with Gasteiger partial charge in [0.1, 0.15) is 17.2 Å². The number of rotatable bonds is 4. The van der Waals surface area contributed by atoms with Gasteiger partial charge in [-0.25, -0.2) is 0 Å². The lowest BCUT2D eigenvalue weighted by molar-refractivity contribution is -0.274. The number of benzene rings is 2. The summed E-state index contributed by atoms with van der Waals surface area (Å²) in [5, 5.41) is 0. The van der Waals surface area contributed by atoms with Gasteiger partial charge in [0.2, 0.25) is 0 Å². The fourth-order valence-corrected chi connectivity index (χ4v) is 1.61. The molecule has 0 aromatic heterocycles. The maximum absolute atomic E-state index is 12.2. The number of nitrogen functional groups attached to an aromatic ring is 1. The number of nitrogens with two attached hydrogens (primary N) is 1. The Balaban J connectivity index is 2.18. The van der Waals surface area contributed by atoms with Gasteiger partial charge in [0.25, 0.3) is 0 Å². The molecule has 0 saturated heterocycles. The van der Waals surface area contributed by atoms with Gasteiger partial charge >= 0.3 is 6.36 Å². The quantitative estimate of drug-likeness (QED) is 0.868. The Morgan fingerprint density at radius 3 is 2.29 bits per heavy atom. The Morgan fingerprint density at radius 1 is 0.952 bits per heavy atom. The standard InChI is InChI=1S/C14H12F3NO3/c1-19-9-5-6-13(12(18)8-9)20-10-3-2-4-11(7-10)21-14(15,16)17/h2-8H,18H2,1H3. The van der Waals surface area contributed by atoms with Crippen LogP contribution in [0.2, 0.25) is 0 Å². The average Bonchev–Trinajstić information content (AvgIpc) is 2.39. The molecule has 0 heterocycles. The molecule has 0 radical (unpaired) electrons. The van der Waals surface area contributed by atoms with Gasteiger partial charge in [-0.1, -0.05) is 6.07 Å². The van der Waals surface area contributed by atoms with Crippen LogP contribution >= 0.6 is 0 Å². The molecule has 4 nitrogen and oxygen atoms in total. The van der Waals surface area contributed by atoms with Gasteiger partial charge in [-0.15, -0.1) is 13.2 Å². The molecule has 0 aliphatic heterocycles. The highest BCUT2D eigenvalue weighted by Crippen LogP contribution is 2.33. The third kappa shape index (κ3) is 4.20. The Bertz CT molecular complexity index is 629. The highest BCUT2D eigenvalue weighted by atomic mass is 19.4. The minimum absolute atomic E-state index is 0.175. The first-order chi connectivity index (χ1) is 9.87. The predicted octanol–water partition coefficient (Wildman–Crippen LogP) is 3.97. The molecular weight excluding hydrogens is 287 g/mol. The Hall–Kier alpha value is -2.57. The molecule has 0 fully saturated rings. The summed E-state index contributed by atoms with van der Waals surface area (Å²) in [5.41, 5.74) is 6.07. The molecule has 2 N–H and O–H groups in total. The van der Waals surface area contributed by atoms with Crippen molar-refractivity contribution in [2.75, 3.05) is 12.8 Å². The lowest BCUT2D eigenvalue weighted by Crippen LogP contribution is -2.17. The number of methoxy groups -OCH3 is 1. The zero-order valence-corrected chi connectivity index (χ0v) is 11.0. The van der Waals surface area contributed by atoms with E-state index in [1.165, 1.54) is 25.3 Å². The monoisotopic (exact) mass is 299 g/mol. The average molecular weight is 299 g/mol. The molecule has 0 spiro atoms. The van der Waals surface area contributed by atoms with Crippen LogP contribution in [0, 0.1) is 0 Å². The van der Waals surface area contributed by atoms with Crippen molar-refractivity contribution in [1.29, 1.82) is 0 Å². The van der Waals surface area contributed by atoms with E-state index in [2.05, 4.69) is 4.74 Å². The smallest absolute Gasteiger partial charge is 0.497 e. The van der Waals surface area contributed by atoms with Gasteiger partial charge in [0.05, 0.1) is 12.8 Å². The third-order valence-electron chi connectivity index (χ3n) is 2.48. The van der Waals surface area contributed by atoms with Crippen LogP contribution in [0.4, 0.5) is 18.9 Å². The topological polar surface area (TPSA) is 53.7 Å². The molecule has 0 atom stereocenters. The van der Waals surface area contributed by atoms with Crippen LogP contribution in [0.3, 0.4) is 0 Å². The molecule has 2 rings (SSSR count). The van der Waals surface area contributed by atoms with Crippen LogP contribution in [0.15, 0.2) is 42.5 Å². The van der Waals surface area contributed by atoms with E-state index >= 15 is 0 Å². The Morgan fingerprint density at radius 2 is 1.67 bits per heavy atom. The van der Waals surface area contributed by atoms with Crippen molar-refractivity contribution in [3.63, 3.8) is 0 Å². The molecule has 0 aliphatic rings. The molecular formula is C14H12F3NO3. The summed E-state index contributed by atoms with van der Waals surface area (Å²) in [6, 6.07) is 9.91. The summed E-state index contributed by atoms with van der Waals surface area (Å²) in [7, 11) is 1.49. The van der Waals surface area contributed by atoms with E-state index < -0.39 is 6.36 Å². The lowest BCUT2D eigenvalue weighted by Gasteiger charge is -2.12. The van der Waals surface area contributed by atoms with Gasteiger partial charge in [-0.05, 0) is 24.3 Å². The highest BCUT2D eigenvalue weighted by Gasteiger charge is 2.31. The lowest BCUT2D eigenvalue weighted by atomic mass is 10.2. The van der Waals surface area contributed by atoms with Gasteiger partial charge < -0.3 is 19.9 Å². The SMILES string of the molecule is COc1ccc(Oc2cccc(OC(F)(F)F)c2)c(N)c1. The molecule has 0 saturated carbocycles. The molecule has 2 aromatic carbocycles. The zero-order chi connectivity index (χ0) is 15.5. The van der Waals surface area contributed by atoms with E-state index in [0.717, 1.165) is 6.07 Å². The highest BCUT2D eigenvalue weighted by molar-refractivity contribution is 5.57. The Labute approximate surface area is 118 Å². The number of halogens is 3. The molecule has 0 unspecified atom stereocenters. The second-order valence-electron chi connectivity index (χ2n) is 4.03. The van der Waals surface area contributed by atoms with Crippen LogP contribution in [0.5, 0.6) is 23.0 Å². The first-order valence-corrected chi connectivity index (χ1v) is 5.84. The van der Waals surface area contributed by atoms with Crippen LogP contribution in [-0.2, 0) is 0 Å². The van der Waals surface area contributed by atoms with Gasteiger partial charge in [-0.2, -0.15) is 0 Å². The molecule has 21 heavy (non-hydrogen) atoms. The minimum Gasteiger partial charge on any atom is -0.497 e. The van der Waals surface area contributed by atoms with Crippen molar-refractivity contribution < 1.29 is 27.4 Å². The minimum atomic E-state index is -4.75. The molecule has 0 aliphatic carbocycles. The number of hydrogen-bond donors (Lipinski definition) is 1. The van der Waals surface area contributed by atoms with Gasteiger partial charge in [0.15, 0.2) is 5.75 Å². The second kappa shape index (κ2) is 5.82. The van der Waals surface area contributed by atoms with E-state index in [1.807, 2.05) is 0 Å². The third-order valence-corrected chi connectivity index (χ3v) is 2.48. The van der Waals surface area contributed by atoms with Gasteiger partial charge in [-0.3, -0.25) is 0 Å². The van der Waals surface area contributed by atoms with Crippen molar-refractivity contribution in [1.82, 2.24) is 0 Å². The summed E-state index contributed by atoms with van der Waals surface area (Å²) >= 11 is 0. The first kappa shape index (κ1) is 14.8. The maximum atomic E-state index is 12.2. The van der Waals surface area contributed by atoms with E-state index in [-0.39, 0.29) is 11.5 Å². The number of hydrogen-bond acceptors (Lipinski definition) is 4. The van der Waals surface area contributed by atoms with E-state index in [0.29, 0.717) is 17.2 Å². The van der Waals surface area contributed by atoms with E-state index in [4.69, 9.17) is 15.2 Å². The fourth-order valence-electron chi connectivity index (χ4n) is 1.61. The second-order valence-corrected chi connectivity index (χ2v) is 4.03. The van der Waals surface area contributed by atoms with E-state index in [1.54, 1.807) is 18.2 Å². The van der Waals surface area contributed by atoms with Crippen LogP contribution in [0.25, 0.3) is 0 Å². The van der Waals surface area contributed by atoms with Crippen molar-refractivity contribution in [3.8, 4) is 23.0 Å².